The van der Waals surface area contributed by atoms with Gasteiger partial charge in [-0.2, -0.15) is 0 Å². The van der Waals surface area contributed by atoms with Gasteiger partial charge >= 0.3 is 0 Å². The fourth-order valence-electron chi connectivity index (χ4n) is 7.74. The van der Waals surface area contributed by atoms with Gasteiger partial charge in [-0.1, -0.05) is 75.7 Å². The smallest absolute Gasteiger partial charge is 0.262 e. The lowest BCUT2D eigenvalue weighted by Crippen LogP contribution is -2.45. The highest BCUT2D eigenvalue weighted by molar-refractivity contribution is 6.32. The molecule has 8 heteroatoms. The third-order valence-corrected chi connectivity index (χ3v) is 10.5. The second kappa shape index (κ2) is 13.7. The highest BCUT2D eigenvalue weighted by Gasteiger charge is 2.49. The summed E-state index contributed by atoms with van der Waals surface area (Å²) in [6.45, 7) is 13.0. The number of carbonyl (C=O) groups excluding carboxylic acids is 3. The number of halogens is 1. The van der Waals surface area contributed by atoms with Crippen molar-refractivity contribution in [1.82, 2.24) is 4.90 Å². The summed E-state index contributed by atoms with van der Waals surface area (Å²) in [4.78, 5) is 43.7. The first-order valence-corrected chi connectivity index (χ1v) is 17.8. The minimum atomic E-state index is -0.589. The van der Waals surface area contributed by atoms with E-state index in [1.165, 1.54) is 12.7 Å². The van der Waals surface area contributed by atoms with Crippen LogP contribution in [-0.4, -0.2) is 42.6 Å². The zero-order valence-corrected chi connectivity index (χ0v) is 30.9. The molecule has 1 aliphatic heterocycles. The number of rotatable bonds is 9. The van der Waals surface area contributed by atoms with E-state index in [2.05, 4.69) is 50.0 Å². The Morgan fingerprint density at radius 1 is 0.860 bits per heavy atom. The molecule has 3 aliphatic rings. The topological polar surface area (TPSA) is 84.9 Å². The number of amides is 1. The van der Waals surface area contributed by atoms with Gasteiger partial charge in [0.05, 0.1) is 12.1 Å². The van der Waals surface area contributed by atoms with Gasteiger partial charge in [-0.05, 0) is 90.5 Å². The minimum Gasteiger partial charge on any atom is -0.493 e. The van der Waals surface area contributed by atoms with Gasteiger partial charge in [0, 0.05) is 53.5 Å². The number of allylic oxidation sites excluding steroid dienone is 4. The summed E-state index contributed by atoms with van der Waals surface area (Å²) in [6.07, 6.45) is 2.99. The van der Waals surface area contributed by atoms with Crippen LogP contribution < -0.4 is 14.8 Å². The average Bonchev–Trinajstić information content (AvgIpc) is 3.03. The Morgan fingerprint density at radius 3 is 2.06 bits per heavy atom. The van der Waals surface area contributed by atoms with Crippen molar-refractivity contribution in [2.45, 2.75) is 79.6 Å². The highest BCUT2D eigenvalue weighted by Crippen LogP contribution is 2.55. The van der Waals surface area contributed by atoms with Gasteiger partial charge in [0.2, 0.25) is 0 Å². The Labute approximate surface area is 300 Å². The molecule has 0 bridgehead atoms. The fourth-order valence-corrected chi connectivity index (χ4v) is 8.01. The number of anilines is 1. The van der Waals surface area contributed by atoms with Crippen LogP contribution in [0.5, 0.6) is 11.5 Å². The van der Waals surface area contributed by atoms with E-state index in [0.29, 0.717) is 60.4 Å². The van der Waals surface area contributed by atoms with E-state index in [9.17, 15) is 14.4 Å². The number of benzene rings is 3. The molecule has 1 heterocycles. The molecular formula is C42H47ClN2O5. The number of carbonyl (C=O) groups is 3. The molecule has 6 rings (SSSR count). The van der Waals surface area contributed by atoms with Crippen LogP contribution in [0, 0.1) is 24.7 Å². The lowest BCUT2D eigenvalue weighted by atomic mass is 9.63. The van der Waals surface area contributed by atoms with E-state index < -0.39 is 5.92 Å². The molecule has 1 amide bonds. The second-order valence-electron chi connectivity index (χ2n) is 15.6. The normalized spacial score (nSPS) is 18.5. The minimum absolute atomic E-state index is 0.0496. The Balaban J connectivity index is 1.39. The quantitative estimate of drug-likeness (QED) is 0.241. The number of Topliss-reactive ketones (excluding diaryl/α,β-unsaturated/α-hetero) is 2. The number of nitrogens with one attached hydrogen (secondary N) is 1. The van der Waals surface area contributed by atoms with E-state index in [1.54, 1.807) is 6.07 Å². The molecule has 0 unspecified atom stereocenters. The summed E-state index contributed by atoms with van der Waals surface area (Å²) in [5, 5.41) is 3.11. The van der Waals surface area contributed by atoms with Crippen molar-refractivity contribution in [2.75, 3.05) is 25.6 Å². The molecule has 1 N–H and O–H groups in total. The first kappa shape index (κ1) is 35.5. The molecule has 50 heavy (non-hydrogen) atoms. The van der Waals surface area contributed by atoms with Crippen LogP contribution in [0.3, 0.4) is 0 Å². The van der Waals surface area contributed by atoms with Crippen LogP contribution in [0.1, 0.15) is 81.5 Å². The highest BCUT2D eigenvalue weighted by atomic mass is 35.5. The maximum atomic E-state index is 14.3. The van der Waals surface area contributed by atoms with E-state index in [1.807, 2.05) is 56.3 Å². The summed E-state index contributed by atoms with van der Waals surface area (Å²) in [5.41, 5.74) is 7.65. The molecule has 0 spiro atoms. The van der Waals surface area contributed by atoms with E-state index in [-0.39, 0.29) is 45.7 Å². The van der Waals surface area contributed by atoms with E-state index >= 15 is 0 Å². The summed E-state index contributed by atoms with van der Waals surface area (Å²) in [7, 11) is 1.52. The zero-order valence-electron chi connectivity index (χ0n) is 30.2. The molecule has 7 nitrogen and oxygen atoms in total. The number of methoxy groups -OCH3 is 1. The predicted molar refractivity (Wildman–Crippen MR) is 198 cm³/mol. The van der Waals surface area contributed by atoms with Crippen LogP contribution in [0.2, 0.25) is 5.02 Å². The van der Waals surface area contributed by atoms with Crippen molar-refractivity contribution >= 4 is 34.8 Å². The van der Waals surface area contributed by atoms with Crippen molar-refractivity contribution in [1.29, 1.82) is 0 Å². The third kappa shape index (κ3) is 7.25. The molecule has 0 fully saturated rings. The van der Waals surface area contributed by atoms with Gasteiger partial charge in [-0.25, -0.2) is 0 Å². The maximum Gasteiger partial charge on any atom is 0.262 e. The largest absolute Gasteiger partial charge is 0.493 e. The van der Waals surface area contributed by atoms with Crippen LogP contribution in [0.4, 0.5) is 5.69 Å². The molecule has 0 aromatic heterocycles. The standard InChI is InChI=1S/C42H47ClN2O5/c1-25-13-14-29(17-26(25)2)44-36(48)24-50-40-30(43)18-28(19-35(40)49-7)37-38-31(20-41(3,4)22-33(38)46)45(16-15-27-11-9-8-10-12-27)32-21-42(5,6)23-34(47)39(32)37/h8-14,17-19,37H,15-16,20-24H2,1-7H3,(H,44,48). The number of hydrogen-bond acceptors (Lipinski definition) is 6. The van der Waals surface area contributed by atoms with E-state index in [0.717, 1.165) is 28.9 Å². The van der Waals surface area contributed by atoms with Crippen molar-refractivity contribution in [3.8, 4) is 11.5 Å². The molecule has 0 saturated heterocycles. The van der Waals surface area contributed by atoms with Crippen molar-refractivity contribution in [3.63, 3.8) is 0 Å². The zero-order chi connectivity index (χ0) is 36.0. The van der Waals surface area contributed by atoms with Gasteiger partial charge < -0.3 is 19.7 Å². The number of ether oxygens (including phenoxy) is 2. The Hall–Kier alpha value is -4.36. The number of ketones is 2. The second-order valence-corrected chi connectivity index (χ2v) is 16.0. The average molecular weight is 695 g/mol. The first-order valence-electron chi connectivity index (χ1n) is 17.4. The molecule has 3 aromatic rings. The summed E-state index contributed by atoms with van der Waals surface area (Å²) in [6, 6.07) is 19.6. The Morgan fingerprint density at radius 2 is 1.48 bits per heavy atom. The Bertz CT molecular complexity index is 1870. The maximum absolute atomic E-state index is 14.3. The first-order chi connectivity index (χ1) is 23.7. The molecule has 0 radical (unpaired) electrons. The Kier molecular flexibility index (Phi) is 9.75. The fraction of sp³-hybridized carbons (Fsp3) is 0.405. The van der Waals surface area contributed by atoms with E-state index in [4.69, 9.17) is 21.1 Å². The monoisotopic (exact) mass is 694 g/mol. The van der Waals surface area contributed by atoms with Crippen molar-refractivity contribution in [3.05, 3.63) is 110 Å². The SMILES string of the molecule is COc1cc(C2C3=C(CC(C)(C)CC3=O)N(CCc3ccccc3)C3=C2C(=O)CC(C)(C)C3)cc(Cl)c1OCC(=O)Nc1ccc(C)c(C)c1. The molecular weight excluding hydrogens is 648 g/mol. The summed E-state index contributed by atoms with van der Waals surface area (Å²) < 4.78 is 11.7. The van der Waals surface area contributed by atoms with Crippen LogP contribution in [0.25, 0.3) is 0 Å². The summed E-state index contributed by atoms with van der Waals surface area (Å²) >= 11 is 6.93. The van der Waals surface area contributed by atoms with Crippen LogP contribution in [0.15, 0.2) is 83.2 Å². The molecule has 0 saturated carbocycles. The van der Waals surface area contributed by atoms with Gasteiger partial charge in [-0.15, -0.1) is 0 Å². The van der Waals surface area contributed by atoms with Gasteiger partial charge in [0.1, 0.15) is 0 Å². The predicted octanol–water partition coefficient (Wildman–Crippen LogP) is 8.91. The lowest BCUT2D eigenvalue weighted by Gasteiger charge is -2.49. The van der Waals surface area contributed by atoms with Crippen molar-refractivity contribution in [2.24, 2.45) is 10.8 Å². The van der Waals surface area contributed by atoms with Gasteiger partial charge in [0.25, 0.3) is 5.91 Å². The number of aryl methyl sites for hydroxylation is 2. The van der Waals surface area contributed by atoms with Crippen LogP contribution in [-0.2, 0) is 20.8 Å². The van der Waals surface area contributed by atoms with Crippen LogP contribution >= 0.6 is 11.6 Å². The molecule has 3 aromatic carbocycles. The number of nitrogens with zero attached hydrogens (tertiary/aromatic N) is 1. The lowest BCUT2D eigenvalue weighted by molar-refractivity contribution is -0.120. The molecule has 0 atom stereocenters. The van der Waals surface area contributed by atoms with Gasteiger partial charge in [-0.3, -0.25) is 14.4 Å². The molecule has 262 valence electrons. The molecule has 2 aliphatic carbocycles. The van der Waals surface area contributed by atoms with Crippen molar-refractivity contribution < 1.29 is 23.9 Å². The summed E-state index contributed by atoms with van der Waals surface area (Å²) in [5.74, 6) is -0.275. The van der Waals surface area contributed by atoms with Gasteiger partial charge in [0.15, 0.2) is 29.7 Å². The number of hydrogen-bond donors (Lipinski definition) is 1. The third-order valence-electron chi connectivity index (χ3n) is 10.2.